The summed E-state index contributed by atoms with van der Waals surface area (Å²) in [5.41, 5.74) is 4.19. The fraction of sp³-hybridized carbons (Fsp3) is 0.241. The van der Waals surface area contributed by atoms with E-state index in [9.17, 15) is 14.3 Å². The third-order valence-corrected chi connectivity index (χ3v) is 7.83. The van der Waals surface area contributed by atoms with Crippen LogP contribution in [0, 0.1) is 12.7 Å². The van der Waals surface area contributed by atoms with Gasteiger partial charge in [-0.15, -0.1) is 0 Å². The fourth-order valence-corrected chi connectivity index (χ4v) is 5.32. The number of benzene rings is 2. The monoisotopic (exact) mass is 546 g/mol. The summed E-state index contributed by atoms with van der Waals surface area (Å²) >= 11 is 1.32. The highest BCUT2D eigenvalue weighted by Gasteiger charge is 2.30. The van der Waals surface area contributed by atoms with Crippen molar-refractivity contribution in [2.75, 3.05) is 12.4 Å². The molecule has 0 unspecified atom stereocenters. The smallest absolute Gasteiger partial charge is 0.237 e. The number of hydrogen-bond donors (Lipinski definition) is 2. The number of halogens is 1. The molecule has 4 aromatic rings. The maximum absolute atomic E-state index is 13.3. The first-order valence-electron chi connectivity index (χ1n) is 12.4. The zero-order valence-electron chi connectivity index (χ0n) is 21.7. The van der Waals surface area contributed by atoms with E-state index in [-0.39, 0.29) is 18.3 Å². The standard InChI is InChI=1S/C29H27FN4O4S/c1-4-24(27(36)32-20-9-7-19(30)8-10-20)39-29-23-13-22-18(15-35)14-31-16(2)25(22)38-28(23)33-26(34-29)17-5-11-21(37-3)12-6-17/h5-12,14,24,35H,4,13,15H2,1-3H3,(H,32,36)/t24-/m1/s1. The van der Waals surface area contributed by atoms with Crippen LogP contribution in [0.15, 0.2) is 59.8 Å². The first-order chi connectivity index (χ1) is 18.9. The third kappa shape index (κ3) is 5.57. The summed E-state index contributed by atoms with van der Waals surface area (Å²) in [5.74, 6) is 1.52. The second-order valence-electron chi connectivity index (χ2n) is 8.99. The molecule has 5 rings (SSSR count). The quantitative estimate of drug-likeness (QED) is 0.189. The van der Waals surface area contributed by atoms with Crippen LogP contribution in [0.3, 0.4) is 0 Å². The Balaban J connectivity index is 1.54. The molecule has 0 bridgehead atoms. The molecule has 1 aliphatic heterocycles. The van der Waals surface area contributed by atoms with Crippen molar-refractivity contribution in [3.8, 4) is 28.8 Å². The highest BCUT2D eigenvalue weighted by atomic mass is 32.2. The Morgan fingerprint density at radius 1 is 1.15 bits per heavy atom. The zero-order chi connectivity index (χ0) is 27.5. The summed E-state index contributed by atoms with van der Waals surface area (Å²) in [5, 5.41) is 12.9. The number of thioether (sulfide) groups is 1. The zero-order valence-corrected chi connectivity index (χ0v) is 22.5. The maximum atomic E-state index is 13.3. The van der Waals surface area contributed by atoms with Gasteiger partial charge in [-0.05, 0) is 61.9 Å². The molecule has 200 valence electrons. The Labute approximate surface area is 229 Å². The van der Waals surface area contributed by atoms with Crippen molar-refractivity contribution in [3.63, 3.8) is 0 Å². The first kappa shape index (κ1) is 26.6. The van der Waals surface area contributed by atoms with E-state index in [1.54, 1.807) is 13.3 Å². The number of fused-ring (bicyclic) bond motifs is 2. The summed E-state index contributed by atoms with van der Waals surface area (Å²) < 4.78 is 24.9. The van der Waals surface area contributed by atoms with Crippen LogP contribution in [-0.4, -0.2) is 38.3 Å². The van der Waals surface area contributed by atoms with E-state index in [0.29, 0.717) is 58.0 Å². The SMILES string of the molecule is CC[C@@H](Sc1nc(-c2ccc(OC)cc2)nc2c1Cc1c(CO)cnc(C)c1O2)C(=O)Nc1ccc(F)cc1. The van der Waals surface area contributed by atoms with Gasteiger partial charge in [-0.3, -0.25) is 9.78 Å². The van der Waals surface area contributed by atoms with Gasteiger partial charge in [0, 0.05) is 35.0 Å². The van der Waals surface area contributed by atoms with E-state index in [1.807, 2.05) is 38.1 Å². The number of aromatic nitrogens is 3. The van der Waals surface area contributed by atoms with E-state index < -0.39 is 5.25 Å². The van der Waals surface area contributed by atoms with Gasteiger partial charge in [0.05, 0.1) is 30.2 Å². The molecule has 2 aromatic heterocycles. The predicted molar refractivity (Wildman–Crippen MR) is 147 cm³/mol. The highest BCUT2D eigenvalue weighted by molar-refractivity contribution is 8.00. The number of rotatable bonds is 8. The van der Waals surface area contributed by atoms with Gasteiger partial charge < -0.3 is 19.9 Å². The van der Waals surface area contributed by atoms with Crippen LogP contribution in [-0.2, 0) is 17.8 Å². The van der Waals surface area contributed by atoms with E-state index >= 15 is 0 Å². The van der Waals surface area contributed by atoms with Crippen molar-refractivity contribution >= 4 is 23.4 Å². The summed E-state index contributed by atoms with van der Waals surface area (Å²) in [6, 6.07) is 13.0. The van der Waals surface area contributed by atoms with Gasteiger partial charge in [0.2, 0.25) is 11.8 Å². The van der Waals surface area contributed by atoms with Crippen molar-refractivity contribution in [2.24, 2.45) is 0 Å². The number of aliphatic hydroxyl groups is 1. The number of amides is 1. The van der Waals surface area contributed by atoms with Crippen LogP contribution in [0.25, 0.3) is 11.4 Å². The van der Waals surface area contributed by atoms with E-state index in [4.69, 9.17) is 19.4 Å². The van der Waals surface area contributed by atoms with Crippen molar-refractivity contribution in [2.45, 2.75) is 43.6 Å². The molecule has 1 atom stereocenters. The highest BCUT2D eigenvalue weighted by Crippen LogP contribution is 2.43. The topological polar surface area (TPSA) is 106 Å². The number of methoxy groups -OCH3 is 1. The number of carbonyl (C=O) groups is 1. The molecule has 0 spiro atoms. The Kier molecular flexibility index (Phi) is 7.76. The number of anilines is 1. The molecule has 2 N–H and O–H groups in total. The summed E-state index contributed by atoms with van der Waals surface area (Å²) in [7, 11) is 1.60. The van der Waals surface area contributed by atoms with Gasteiger partial charge in [0.1, 0.15) is 16.6 Å². The Bertz CT molecular complexity index is 1510. The molecule has 0 aliphatic carbocycles. The Morgan fingerprint density at radius 2 is 1.90 bits per heavy atom. The average molecular weight is 547 g/mol. The molecule has 8 nitrogen and oxygen atoms in total. The molecule has 0 saturated carbocycles. The maximum Gasteiger partial charge on any atom is 0.237 e. The molecule has 0 radical (unpaired) electrons. The minimum absolute atomic E-state index is 0.181. The summed E-state index contributed by atoms with van der Waals surface area (Å²) in [4.78, 5) is 27.2. The molecule has 2 aromatic carbocycles. The van der Waals surface area contributed by atoms with Gasteiger partial charge in [0.25, 0.3) is 0 Å². The second-order valence-corrected chi connectivity index (χ2v) is 10.2. The minimum atomic E-state index is -0.490. The predicted octanol–water partition coefficient (Wildman–Crippen LogP) is 5.69. The van der Waals surface area contributed by atoms with Crippen molar-refractivity contribution < 1.29 is 23.8 Å². The van der Waals surface area contributed by atoms with Gasteiger partial charge in [0.15, 0.2) is 11.6 Å². The molecule has 1 amide bonds. The van der Waals surface area contributed by atoms with Gasteiger partial charge in [-0.25, -0.2) is 9.37 Å². The molecule has 1 aliphatic rings. The lowest BCUT2D eigenvalue weighted by Crippen LogP contribution is -2.25. The number of ether oxygens (including phenoxy) is 2. The van der Waals surface area contributed by atoms with Crippen LogP contribution in [0.1, 0.15) is 35.7 Å². The van der Waals surface area contributed by atoms with Crippen LogP contribution >= 0.6 is 11.8 Å². The molecule has 39 heavy (non-hydrogen) atoms. The summed E-state index contributed by atoms with van der Waals surface area (Å²) in [6.45, 7) is 3.59. The van der Waals surface area contributed by atoms with E-state index in [0.717, 1.165) is 16.7 Å². The third-order valence-electron chi connectivity index (χ3n) is 6.44. The number of aryl methyl sites for hydroxylation is 1. The lowest BCUT2D eigenvalue weighted by Gasteiger charge is -2.25. The van der Waals surface area contributed by atoms with Crippen molar-refractivity contribution in [3.05, 3.63) is 82.9 Å². The number of nitrogens with one attached hydrogen (secondary N) is 1. The van der Waals surface area contributed by atoms with Crippen LogP contribution < -0.4 is 14.8 Å². The first-order valence-corrected chi connectivity index (χ1v) is 13.3. The normalized spacial score (nSPS) is 12.6. The Morgan fingerprint density at radius 3 is 2.56 bits per heavy atom. The largest absolute Gasteiger partial charge is 0.497 e. The lowest BCUT2D eigenvalue weighted by molar-refractivity contribution is -0.115. The van der Waals surface area contributed by atoms with Crippen LogP contribution in [0.2, 0.25) is 0 Å². The van der Waals surface area contributed by atoms with Crippen molar-refractivity contribution in [1.82, 2.24) is 15.0 Å². The lowest BCUT2D eigenvalue weighted by atomic mass is 9.99. The molecule has 0 fully saturated rings. The van der Waals surface area contributed by atoms with Gasteiger partial charge in [-0.1, -0.05) is 18.7 Å². The number of pyridine rings is 1. The molecule has 0 saturated heterocycles. The number of nitrogens with zero attached hydrogens (tertiary/aromatic N) is 3. The van der Waals surface area contributed by atoms with Crippen molar-refractivity contribution in [1.29, 1.82) is 0 Å². The number of hydrogen-bond acceptors (Lipinski definition) is 8. The second kappa shape index (κ2) is 11.4. The molecular formula is C29H27FN4O4S. The van der Waals surface area contributed by atoms with Gasteiger partial charge in [-0.2, -0.15) is 4.98 Å². The average Bonchev–Trinajstić information content (AvgIpc) is 2.96. The molecule has 3 heterocycles. The van der Waals surface area contributed by atoms with E-state index in [1.165, 1.54) is 36.0 Å². The number of aliphatic hydroxyl groups excluding tert-OH is 1. The van der Waals surface area contributed by atoms with E-state index in [2.05, 4.69) is 10.3 Å². The van der Waals surface area contributed by atoms with Gasteiger partial charge >= 0.3 is 0 Å². The minimum Gasteiger partial charge on any atom is -0.497 e. The number of carbonyl (C=O) groups excluding carboxylic acids is 1. The summed E-state index contributed by atoms with van der Waals surface area (Å²) in [6.07, 6.45) is 2.59. The van der Waals surface area contributed by atoms with Crippen LogP contribution in [0.5, 0.6) is 17.4 Å². The molecular weight excluding hydrogens is 519 g/mol. The Hall–Kier alpha value is -4.02. The fourth-order valence-electron chi connectivity index (χ4n) is 4.27. The molecule has 10 heteroatoms. The van der Waals surface area contributed by atoms with Crippen LogP contribution in [0.4, 0.5) is 10.1 Å².